The minimum atomic E-state index is -1.38. The number of piperidine rings is 1. The van der Waals surface area contributed by atoms with E-state index in [2.05, 4.69) is 52.9 Å². The van der Waals surface area contributed by atoms with E-state index in [1.54, 1.807) is 24.3 Å². The second-order valence-electron chi connectivity index (χ2n) is 10.2. The van der Waals surface area contributed by atoms with Gasteiger partial charge in [0.2, 0.25) is 0 Å². The zero-order valence-electron chi connectivity index (χ0n) is 21.1. The first kappa shape index (κ1) is 24.2. The number of nitrogens with zero attached hydrogens (tertiary/aromatic N) is 4. The van der Waals surface area contributed by atoms with E-state index in [9.17, 15) is 0 Å². The fraction of sp³-hybridized carbons (Fsp3) is 0.433. The molecular weight excluding hydrogens is 449 g/mol. The number of halogens is 1. The van der Waals surface area contributed by atoms with E-state index >= 15 is 4.39 Å². The first-order valence-electron chi connectivity index (χ1n) is 13.2. The molecule has 0 amide bonds. The molecule has 3 aromatic rings. The van der Waals surface area contributed by atoms with Crippen molar-refractivity contribution in [3.8, 4) is 17.5 Å². The molecule has 5 rings (SSSR count). The molecule has 36 heavy (non-hydrogen) atoms. The van der Waals surface area contributed by atoms with Gasteiger partial charge in [0.15, 0.2) is 5.82 Å². The summed E-state index contributed by atoms with van der Waals surface area (Å²) < 4.78 is 15.8. The molecule has 2 fully saturated rings. The van der Waals surface area contributed by atoms with Crippen molar-refractivity contribution in [3.05, 3.63) is 77.1 Å². The molecule has 1 saturated carbocycles. The van der Waals surface area contributed by atoms with Crippen molar-refractivity contribution in [3.63, 3.8) is 0 Å². The third-order valence-electron chi connectivity index (χ3n) is 7.94. The third kappa shape index (κ3) is 4.80. The number of hydrogen-bond acceptors (Lipinski definition) is 4. The van der Waals surface area contributed by atoms with E-state index in [1.807, 2.05) is 0 Å². The summed E-state index contributed by atoms with van der Waals surface area (Å²) in [5, 5.41) is 16.7. The van der Waals surface area contributed by atoms with Gasteiger partial charge in [-0.25, -0.2) is 9.37 Å². The highest BCUT2D eigenvalue weighted by molar-refractivity contribution is 5.71. The van der Waals surface area contributed by atoms with Gasteiger partial charge < -0.3 is 4.90 Å². The Balaban J connectivity index is 1.34. The van der Waals surface area contributed by atoms with Crippen LogP contribution in [0.5, 0.6) is 0 Å². The van der Waals surface area contributed by atoms with Crippen molar-refractivity contribution < 1.29 is 4.39 Å². The second-order valence-corrected chi connectivity index (χ2v) is 10.2. The van der Waals surface area contributed by atoms with E-state index in [4.69, 9.17) is 10.2 Å². The van der Waals surface area contributed by atoms with Crippen LogP contribution in [0.3, 0.4) is 0 Å². The van der Waals surface area contributed by atoms with Crippen molar-refractivity contribution in [2.75, 3.05) is 13.1 Å². The number of aryl methyl sites for hydroxylation is 1. The van der Waals surface area contributed by atoms with Crippen LogP contribution in [0, 0.1) is 11.3 Å². The first-order chi connectivity index (χ1) is 17.5. The molecule has 2 heterocycles. The summed E-state index contributed by atoms with van der Waals surface area (Å²) in [5.41, 5.74) is 4.20. The van der Waals surface area contributed by atoms with E-state index in [0.29, 0.717) is 43.0 Å². The number of likely N-dealkylation sites (tertiary alicyclic amines) is 1. The lowest BCUT2D eigenvalue weighted by atomic mass is 9.77. The number of nitrogens with one attached hydrogen (secondary N) is 1. The molecule has 0 radical (unpaired) electrons. The summed E-state index contributed by atoms with van der Waals surface area (Å²) >= 11 is 0. The van der Waals surface area contributed by atoms with Gasteiger partial charge in [0.05, 0.1) is 11.6 Å². The van der Waals surface area contributed by atoms with Crippen LogP contribution in [0.4, 0.5) is 4.39 Å². The largest absolute Gasteiger partial charge is 0.371 e. The quantitative estimate of drug-likeness (QED) is 0.379. The Morgan fingerprint density at radius 1 is 1.19 bits per heavy atom. The van der Waals surface area contributed by atoms with Gasteiger partial charge in [-0.2, -0.15) is 10.4 Å². The SMILES string of the molecule is C=C(c1ccc(C2CCC2)c(-c2n[nH]c(CCCC)n2)c1)N1CCC(F)(c2ccc(C#N)cc2)CC1. The average Bonchev–Trinajstić information content (AvgIpc) is 3.35. The number of aromatic amines is 1. The number of H-pyrrole nitrogens is 1. The molecule has 6 heteroatoms. The highest BCUT2D eigenvalue weighted by atomic mass is 19.1. The highest BCUT2D eigenvalue weighted by Gasteiger charge is 2.37. The summed E-state index contributed by atoms with van der Waals surface area (Å²) in [6, 6.07) is 15.6. The van der Waals surface area contributed by atoms with E-state index in [0.717, 1.165) is 47.7 Å². The van der Waals surface area contributed by atoms with Crippen molar-refractivity contribution in [2.45, 2.75) is 69.9 Å². The van der Waals surface area contributed by atoms with E-state index in [1.165, 1.54) is 24.8 Å². The molecule has 0 atom stereocenters. The van der Waals surface area contributed by atoms with Gasteiger partial charge in [0.25, 0.3) is 0 Å². The Bertz CT molecular complexity index is 1260. The maximum atomic E-state index is 15.8. The van der Waals surface area contributed by atoms with E-state index in [-0.39, 0.29) is 0 Å². The fourth-order valence-electron chi connectivity index (χ4n) is 5.32. The standard InChI is InChI=1S/C30H34FN5/c1-3-4-8-28-33-29(35-34-28)27-19-24(11-14-26(27)23-6-5-7-23)21(2)36-17-15-30(31,16-18-36)25-12-9-22(20-32)10-13-25/h9-14,19,23H,2-8,15-18H2,1H3,(H,33,34,35). The number of benzene rings is 2. The van der Waals surface area contributed by atoms with Gasteiger partial charge in [-0.1, -0.05) is 50.6 Å². The monoisotopic (exact) mass is 483 g/mol. The summed E-state index contributed by atoms with van der Waals surface area (Å²) in [5.74, 6) is 2.27. The van der Waals surface area contributed by atoms with Gasteiger partial charge >= 0.3 is 0 Å². The maximum Gasteiger partial charge on any atom is 0.181 e. The molecular formula is C30H34FN5. The lowest BCUT2D eigenvalue weighted by Gasteiger charge is -2.39. The van der Waals surface area contributed by atoms with Gasteiger partial charge in [0.1, 0.15) is 11.5 Å². The molecule has 1 N–H and O–H groups in total. The van der Waals surface area contributed by atoms with Gasteiger partial charge in [0, 0.05) is 43.6 Å². The molecule has 2 aromatic carbocycles. The molecule has 186 valence electrons. The Kier molecular flexibility index (Phi) is 6.91. The summed E-state index contributed by atoms with van der Waals surface area (Å²) in [6.07, 6.45) is 7.60. The highest BCUT2D eigenvalue weighted by Crippen LogP contribution is 2.42. The Labute approximate surface area is 213 Å². The predicted molar refractivity (Wildman–Crippen MR) is 141 cm³/mol. The number of unbranched alkanes of at least 4 members (excludes halogenated alkanes) is 1. The van der Waals surface area contributed by atoms with Crippen LogP contribution >= 0.6 is 0 Å². The number of nitriles is 1. The van der Waals surface area contributed by atoms with Crippen LogP contribution in [-0.4, -0.2) is 33.2 Å². The molecule has 1 aliphatic carbocycles. The minimum absolute atomic E-state index is 0.395. The van der Waals surface area contributed by atoms with Crippen molar-refractivity contribution >= 4 is 5.70 Å². The molecule has 5 nitrogen and oxygen atoms in total. The van der Waals surface area contributed by atoms with Crippen molar-refractivity contribution in [2.24, 2.45) is 0 Å². The Morgan fingerprint density at radius 3 is 2.58 bits per heavy atom. The molecule has 1 saturated heterocycles. The van der Waals surface area contributed by atoms with Crippen LogP contribution in [-0.2, 0) is 12.1 Å². The normalized spacial score (nSPS) is 17.4. The lowest BCUT2D eigenvalue weighted by molar-refractivity contribution is 0.0794. The van der Waals surface area contributed by atoms with Gasteiger partial charge in [-0.3, -0.25) is 5.10 Å². The van der Waals surface area contributed by atoms with Crippen molar-refractivity contribution in [1.29, 1.82) is 5.26 Å². The molecule has 1 aliphatic heterocycles. The zero-order valence-corrected chi connectivity index (χ0v) is 21.1. The predicted octanol–water partition coefficient (Wildman–Crippen LogP) is 6.88. The maximum absolute atomic E-state index is 15.8. The third-order valence-corrected chi connectivity index (χ3v) is 7.94. The first-order valence-corrected chi connectivity index (χ1v) is 13.2. The average molecular weight is 484 g/mol. The Morgan fingerprint density at radius 2 is 1.94 bits per heavy atom. The summed E-state index contributed by atoms with van der Waals surface area (Å²) in [6.45, 7) is 7.77. The van der Waals surface area contributed by atoms with Crippen molar-refractivity contribution in [1.82, 2.24) is 20.1 Å². The molecule has 0 spiro atoms. The number of alkyl halides is 1. The van der Waals surface area contributed by atoms with Crippen LogP contribution in [0.15, 0.2) is 49.0 Å². The zero-order chi connectivity index (χ0) is 25.1. The topological polar surface area (TPSA) is 68.6 Å². The van der Waals surface area contributed by atoms with Gasteiger partial charge in [-0.05, 0) is 60.1 Å². The van der Waals surface area contributed by atoms with E-state index < -0.39 is 5.67 Å². The molecule has 1 aromatic heterocycles. The van der Waals surface area contributed by atoms with Crippen LogP contribution < -0.4 is 0 Å². The second kappa shape index (κ2) is 10.3. The van der Waals surface area contributed by atoms with Crippen LogP contribution in [0.25, 0.3) is 17.1 Å². The number of hydrogen-bond donors (Lipinski definition) is 1. The number of rotatable bonds is 8. The van der Waals surface area contributed by atoms with Gasteiger partial charge in [-0.15, -0.1) is 0 Å². The number of aromatic nitrogens is 3. The Hall–Kier alpha value is -3.46. The fourth-order valence-corrected chi connectivity index (χ4v) is 5.32. The molecule has 0 unspecified atom stereocenters. The summed E-state index contributed by atoms with van der Waals surface area (Å²) in [7, 11) is 0. The van der Waals surface area contributed by atoms with Crippen LogP contribution in [0.2, 0.25) is 0 Å². The molecule has 0 bridgehead atoms. The minimum Gasteiger partial charge on any atom is -0.371 e. The lowest BCUT2D eigenvalue weighted by Crippen LogP contribution is -2.39. The summed E-state index contributed by atoms with van der Waals surface area (Å²) in [4.78, 5) is 7.01. The smallest absolute Gasteiger partial charge is 0.181 e. The molecule has 2 aliphatic rings. The van der Waals surface area contributed by atoms with Crippen LogP contribution in [0.1, 0.15) is 85.9 Å².